The van der Waals surface area contributed by atoms with Crippen molar-refractivity contribution in [2.45, 2.75) is 25.7 Å². The lowest BCUT2D eigenvalue weighted by molar-refractivity contribution is -0.117. The number of carbonyl (C=O) groups is 2. The Morgan fingerprint density at radius 3 is 2.59 bits per heavy atom. The van der Waals surface area contributed by atoms with Crippen molar-refractivity contribution >= 4 is 45.6 Å². The fraction of sp³-hybridized carbons (Fsp3) is 0.238. The summed E-state index contributed by atoms with van der Waals surface area (Å²) in [5, 5.41) is 12.8. The number of carbonyl (C=O) groups excluding carboxylic acids is 2. The van der Waals surface area contributed by atoms with E-state index in [1.165, 1.54) is 16.9 Å². The summed E-state index contributed by atoms with van der Waals surface area (Å²) in [6, 6.07) is 14.7. The van der Waals surface area contributed by atoms with Gasteiger partial charge in [-0.1, -0.05) is 42.0 Å². The van der Waals surface area contributed by atoms with Crippen LogP contribution in [-0.4, -0.2) is 28.6 Å². The molecule has 2 aromatic carbocycles. The van der Waals surface area contributed by atoms with Crippen LogP contribution in [0.15, 0.2) is 48.5 Å². The van der Waals surface area contributed by atoms with Crippen molar-refractivity contribution in [2.75, 3.05) is 16.8 Å². The summed E-state index contributed by atoms with van der Waals surface area (Å²) in [6.07, 6.45) is 1.35. The number of aromatic nitrogens is 2. The molecular weight excluding hydrogens is 408 g/mol. The van der Waals surface area contributed by atoms with Crippen LogP contribution in [0, 0.1) is 0 Å². The molecule has 3 aromatic rings. The molecule has 2 amide bonds. The normalized spacial score (nSPS) is 16.3. The zero-order chi connectivity index (χ0) is 20.4. The van der Waals surface area contributed by atoms with Crippen LogP contribution < -0.4 is 10.2 Å². The number of anilines is 2. The number of nitrogens with zero attached hydrogens (tertiary/aromatic N) is 3. The highest BCUT2D eigenvalue weighted by atomic mass is 35.5. The molecule has 29 heavy (non-hydrogen) atoms. The van der Waals surface area contributed by atoms with Crippen molar-refractivity contribution in [1.29, 1.82) is 0 Å². The average Bonchev–Trinajstić information content (AvgIpc) is 3.35. The molecule has 0 radical (unpaired) electrons. The summed E-state index contributed by atoms with van der Waals surface area (Å²) in [7, 11) is 0. The first kappa shape index (κ1) is 19.5. The van der Waals surface area contributed by atoms with Crippen LogP contribution in [0.2, 0.25) is 5.02 Å². The quantitative estimate of drug-likeness (QED) is 0.650. The Kier molecular flexibility index (Phi) is 5.60. The van der Waals surface area contributed by atoms with Gasteiger partial charge in [-0.2, -0.15) is 0 Å². The van der Waals surface area contributed by atoms with Gasteiger partial charge in [-0.05, 0) is 48.4 Å². The number of hydrogen-bond donors (Lipinski definition) is 1. The van der Waals surface area contributed by atoms with Gasteiger partial charge in [0.2, 0.25) is 11.0 Å². The summed E-state index contributed by atoms with van der Waals surface area (Å²) in [6.45, 7) is 2.66. The minimum absolute atomic E-state index is 0.0352. The van der Waals surface area contributed by atoms with Gasteiger partial charge in [0.25, 0.3) is 5.91 Å². The highest BCUT2D eigenvalue weighted by Crippen LogP contribution is 2.34. The van der Waals surface area contributed by atoms with Crippen LogP contribution in [0.5, 0.6) is 0 Å². The maximum absolute atomic E-state index is 12.5. The first-order chi connectivity index (χ1) is 14.0. The lowest BCUT2D eigenvalue weighted by atomic mass is 10.1. The summed E-state index contributed by atoms with van der Waals surface area (Å²) in [5.74, 6) is -0.238. The summed E-state index contributed by atoms with van der Waals surface area (Å²) >= 11 is 7.15. The molecule has 1 unspecified atom stereocenters. The van der Waals surface area contributed by atoms with Gasteiger partial charge in [-0.15, -0.1) is 10.2 Å². The van der Waals surface area contributed by atoms with Gasteiger partial charge in [-0.3, -0.25) is 14.9 Å². The van der Waals surface area contributed by atoms with Crippen LogP contribution in [0.1, 0.15) is 40.2 Å². The third kappa shape index (κ3) is 4.31. The van der Waals surface area contributed by atoms with E-state index in [0.717, 1.165) is 17.1 Å². The Morgan fingerprint density at radius 2 is 1.90 bits per heavy atom. The second-order valence-electron chi connectivity index (χ2n) is 6.83. The molecule has 8 heteroatoms. The Morgan fingerprint density at radius 1 is 1.17 bits per heavy atom. The molecule has 1 aliphatic rings. The van der Waals surface area contributed by atoms with E-state index in [1.807, 2.05) is 24.3 Å². The van der Waals surface area contributed by atoms with Gasteiger partial charge >= 0.3 is 0 Å². The van der Waals surface area contributed by atoms with E-state index >= 15 is 0 Å². The third-order valence-electron chi connectivity index (χ3n) is 4.90. The predicted octanol–water partition coefficient (Wildman–Crippen LogP) is 4.53. The van der Waals surface area contributed by atoms with Crippen LogP contribution in [0.25, 0.3) is 0 Å². The molecule has 1 fully saturated rings. The zero-order valence-electron chi connectivity index (χ0n) is 15.8. The van der Waals surface area contributed by atoms with Crippen molar-refractivity contribution in [3.63, 3.8) is 0 Å². The van der Waals surface area contributed by atoms with Crippen LogP contribution in [0.4, 0.5) is 10.8 Å². The van der Waals surface area contributed by atoms with Gasteiger partial charge in [0.05, 0.1) is 0 Å². The molecule has 1 aliphatic heterocycles. The van der Waals surface area contributed by atoms with Crippen LogP contribution in [-0.2, 0) is 11.2 Å². The molecule has 0 aliphatic carbocycles. The Labute approximate surface area is 177 Å². The third-order valence-corrected chi connectivity index (χ3v) is 6.15. The van der Waals surface area contributed by atoms with Gasteiger partial charge in [0, 0.05) is 35.2 Å². The van der Waals surface area contributed by atoms with E-state index in [2.05, 4.69) is 22.4 Å². The first-order valence-electron chi connectivity index (χ1n) is 9.33. The molecule has 0 spiro atoms. The van der Waals surface area contributed by atoms with Crippen molar-refractivity contribution in [1.82, 2.24) is 10.2 Å². The molecular formula is C21H19ClN4O2S. The number of halogens is 1. The van der Waals surface area contributed by atoms with E-state index in [-0.39, 0.29) is 17.7 Å². The smallest absolute Gasteiger partial charge is 0.257 e. The maximum atomic E-state index is 12.5. The molecule has 148 valence electrons. The maximum Gasteiger partial charge on any atom is 0.257 e. The molecule has 0 bridgehead atoms. The zero-order valence-corrected chi connectivity index (χ0v) is 17.3. The average molecular weight is 427 g/mol. The first-order valence-corrected chi connectivity index (χ1v) is 10.5. The summed E-state index contributed by atoms with van der Waals surface area (Å²) in [4.78, 5) is 26.6. The number of hydrogen-bond acceptors (Lipinski definition) is 5. The molecule has 1 N–H and O–H groups in total. The van der Waals surface area contributed by atoms with Gasteiger partial charge in [0.1, 0.15) is 5.01 Å². The van der Waals surface area contributed by atoms with Crippen molar-refractivity contribution in [2.24, 2.45) is 0 Å². The Bertz CT molecular complexity index is 1030. The Balaban J connectivity index is 1.43. The monoisotopic (exact) mass is 426 g/mol. The minimum Gasteiger partial charge on any atom is -0.312 e. The number of benzene rings is 2. The molecule has 2 heterocycles. The van der Waals surface area contributed by atoms with E-state index < -0.39 is 0 Å². The number of amides is 2. The van der Waals surface area contributed by atoms with Gasteiger partial charge in [-0.25, -0.2) is 0 Å². The van der Waals surface area contributed by atoms with Gasteiger partial charge < -0.3 is 4.90 Å². The largest absolute Gasteiger partial charge is 0.312 e. The van der Waals surface area contributed by atoms with E-state index in [4.69, 9.17) is 11.6 Å². The van der Waals surface area contributed by atoms with Crippen molar-refractivity contribution in [3.05, 3.63) is 69.7 Å². The van der Waals surface area contributed by atoms with Gasteiger partial charge in [0.15, 0.2) is 0 Å². The highest BCUT2D eigenvalue weighted by molar-refractivity contribution is 7.15. The minimum atomic E-state index is -0.274. The van der Waals surface area contributed by atoms with Crippen molar-refractivity contribution < 1.29 is 9.59 Å². The molecule has 4 rings (SSSR count). The number of aryl methyl sites for hydroxylation is 1. The molecule has 1 atom stereocenters. The fourth-order valence-corrected chi connectivity index (χ4v) is 4.21. The molecule has 0 saturated carbocycles. The molecule has 1 saturated heterocycles. The second-order valence-corrected chi connectivity index (χ2v) is 8.28. The summed E-state index contributed by atoms with van der Waals surface area (Å²) in [5.41, 5.74) is 2.63. The molecule has 6 nitrogen and oxygen atoms in total. The van der Waals surface area contributed by atoms with Crippen LogP contribution >= 0.6 is 22.9 Å². The number of nitrogens with one attached hydrogen (secondary N) is 1. The SMILES string of the molecule is CCc1ccc(N2CC(c3nnc(NC(=O)c4ccc(Cl)cc4)s3)CC2=O)cc1. The van der Waals surface area contributed by atoms with Crippen molar-refractivity contribution in [3.8, 4) is 0 Å². The van der Waals surface area contributed by atoms with Crippen LogP contribution in [0.3, 0.4) is 0 Å². The Hall–Kier alpha value is -2.77. The summed E-state index contributed by atoms with van der Waals surface area (Å²) < 4.78 is 0. The standard InChI is InChI=1S/C21H19ClN4O2S/c1-2-13-3-9-17(10-4-13)26-12-15(11-18(26)27)20-24-25-21(29-20)23-19(28)14-5-7-16(22)8-6-14/h3-10,15H,2,11-12H2,1H3,(H,23,25,28). The molecule has 1 aromatic heterocycles. The second kappa shape index (κ2) is 8.31. The van der Waals surface area contributed by atoms with E-state index in [0.29, 0.717) is 28.7 Å². The topological polar surface area (TPSA) is 75.2 Å². The lowest BCUT2D eigenvalue weighted by Crippen LogP contribution is -2.24. The van der Waals surface area contributed by atoms with E-state index in [1.54, 1.807) is 29.2 Å². The number of rotatable bonds is 5. The predicted molar refractivity (Wildman–Crippen MR) is 115 cm³/mol. The fourth-order valence-electron chi connectivity index (χ4n) is 3.25. The van der Waals surface area contributed by atoms with E-state index in [9.17, 15) is 9.59 Å². The lowest BCUT2D eigenvalue weighted by Gasteiger charge is -2.16. The highest BCUT2D eigenvalue weighted by Gasteiger charge is 2.34.